The Morgan fingerprint density at radius 3 is 2.76 bits per heavy atom. The van der Waals surface area contributed by atoms with Crippen molar-refractivity contribution in [3.63, 3.8) is 0 Å². The van der Waals surface area contributed by atoms with Gasteiger partial charge in [0.2, 0.25) is 5.91 Å². The molecule has 1 aromatic carbocycles. The fraction of sp³-hybridized carbons (Fsp3) is 0.333. The summed E-state index contributed by atoms with van der Waals surface area (Å²) in [6.07, 6.45) is -4.43. The van der Waals surface area contributed by atoms with Crippen molar-refractivity contribution in [2.45, 2.75) is 23.7 Å². The first-order chi connectivity index (χ1) is 9.77. The van der Waals surface area contributed by atoms with Gasteiger partial charge < -0.3 is 10.3 Å². The Bertz CT molecular complexity index is 793. The second-order valence-electron chi connectivity index (χ2n) is 4.70. The number of nitrogens with one attached hydrogen (secondary N) is 1. The third kappa shape index (κ3) is 2.44. The van der Waals surface area contributed by atoms with Gasteiger partial charge in [-0.1, -0.05) is 11.3 Å². The van der Waals surface area contributed by atoms with Crippen LogP contribution < -0.4 is 10.5 Å². The van der Waals surface area contributed by atoms with E-state index in [0.29, 0.717) is 15.8 Å². The van der Waals surface area contributed by atoms with Crippen molar-refractivity contribution < 1.29 is 18.0 Å². The SMILES string of the molecule is N=c1sc2cc(C(F)(F)F)cc3c2n1CC(C(N)=O)SC3. The van der Waals surface area contributed by atoms with Crippen molar-refractivity contribution in [3.8, 4) is 0 Å². The van der Waals surface area contributed by atoms with E-state index in [1.165, 1.54) is 11.8 Å². The Balaban J connectivity index is 2.24. The number of thiazole rings is 1. The summed E-state index contributed by atoms with van der Waals surface area (Å²) in [7, 11) is 0. The van der Waals surface area contributed by atoms with E-state index in [1.807, 2.05) is 0 Å². The number of alkyl halides is 3. The first-order valence-corrected chi connectivity index (χ1v) is 7.83. The van der Waals surface area contributed by atoms with E-state index >= 15 is 0 Å². The van der Waals surface area contributed by atoms with E-state index in [2.05, 4.69) is 0 Å². The molecular formula is C12H10F3N3OS2. The number of carbonyl (C=O) groups is 1. The molecule has 9 heteroatoms. The van der Waals surface area contributed by atoms with Crippen LogP contribution in [0.5, 0.6) is 0 Å². The molecule has 4 nitrogen and oxygen atoms in total. The summed E-state index contributed by atoms with van der Waals surface area (Å²) in [6, 6.07) is 2.16. The van der Waals surface area contributed by atoms with Crippen LogP contribution in [0.2, 0.25) is 0 Å². The maximum atomic E-state index is 12.9. The molecule has 0 radical (unpaired) electrons. The minimum atomic E-state index is -4.43. The number of benzene rings is 1. The number of primary amides is 1. The van der Waals surface area contributed by atoms with E-state index in [1.54, 1.807) is 4.57 Å². The average molecular weight is 333 g/mol. The minimum absolute atomic E-state index is 0.124. The molecule has 112 valence electrons. The maximum Gasteiger partial charge on any atom is 0.416 e. The highest BCUT2D eigenvalue weighted by Gasteiger charge is 2.33. The summed E-state index contributed by atoms with van der Waals surface area (Å²) in [5.74, 6) is -0.250. The molecule has 1 aliphatic heterocycles. The highest BCUT2D eigenvalue weighted by Crippen LogP contribution is 2.37. The number of thioether (sulfide) groups is 1. The molecule has 0 aliphatic carbocycles. The molecule has 1 aliphatic rings. The first kappa shape index (κ1) is 14.5. The minimum Gasteiger partial charge on any atom is -0.369 e. The second-order valence-corrected chi connectivity index (χ2v) is 6.92. The van der Waals surface area contributed by atoms with Crippen LogP contribution in [0.3, 0.4) is 0 Å². The third-order valence-corrected chi connectivity index (χ3v) is 5.51. The number of rotatable bonds is 1. The highest BCUT2D eigenvalue weighted by molar-refractivity contribution is 7.99. The van der Waals surface area contributed by atoms with E-state index in [0.717, 1.165) is 23.5 Å². The monoisotopic (exact) mass is 333 g/mol. The quantitative estimate of drug-likeness (QED) is 0.840. The van der Waals surface area contributed by atoms with E-state index in [4.69, 9.17) is 11.1 Å². The molecule has 0 saturated carbocycles. The van der Waals surface area contributed by atoms with Crippen LogP contribution in [0.1, 0.15) is 11.1 Å². The van der Waals surface area contributed by atoms with Gasteiger partial charge in [-0.05, 0) is 17.7 Å². The summed E-state index contributed by atoms with van der Waals surface area (Å²) in [4.78, 5) is 11.5. The molecule has 2 heterocycles. The third-order valence-electron chi connectivity index (χ3n) is 3.31. The lowest BCUT2D eigenvalue weighted by Gasteiger charge is -2.09. The van der Waals surface area contributed by atoms with Gasteiger partial charge in [-0.2, -0.15) is 13.2 Å². The van der Waals surface area contributed by atoms with Crippen LogP contribution >= 0.6 is 23.1 Å². The van der Waals surface area contributed by atoms with E-state index < -0.39 is 22.9 Å². The molecule has 0 bridgehead atoms. The van der Waals surface area contributed by atoms with Gasteiger partial charge in [0, 0.05) is 12.3 Å². The van der Waals surface area contributed by atoms with Crippen LogP contribution in [-0.4, -0.2) is 15.7 Å². The standard InChI is InChI=1S/C12H10F3N3OS2/c13-12(14,15)6-1-5-4-20-8(10(16)19)3-18-9(5)7(2-6)21-11(18)17/h1-2,8,17H,3-4H2,(H2,16,19). The second kappa shape index (κ2) is 4.77. The molecule has 21 heavy (non-hydrogen) atoms. The Hall–Kier alpha value is -1.48. The molecule has 1 atom stereocenters. The molecule has 3 N–H and O–H groups in total. The highest BCUT2D eigenvalue weighted by atomic mass is 32.2. The van der Waals surface area contributed by atoms with E-state index in [-0.39, 0.29) is 17.1 Å². The van der Waals surface area contributed by atoms with Crippen LogP contribution in [0, 0.1) is 5.41 Å². The molecule has 1 unspecified atom stereocenters. The van der Waals surface area contributed by atoms with Gasteiger partial charge in [0.25, 0.3) is 0 Å². The van der Waals surface area contributed by atoms with Crippen molar-refractivity contribution in [2.75, 3.05) is 0 Å². The summed E-state index contributed by atoms with van der Waals surface area (Å²) in [5.41, 5.74) is 5.68. The molecule has 2 aromatic rings. The van der Waals surface area contributed by atoms with Crippen LogP contribution in [0.25, 0.3) is 10.2 Å². The fourth-order valence-electron chi connectivity index (χ4n) is 2.34. The predicted molar refractivity (Wildman–Crippen MR) is 74.9 cm³/mol. The molecule has 3 rings (SSSR count). The number of hydrogen-bond donors (Lipinski definition) is 2. The Morgan fingerprint density at radius 2 is 2.14 bits per heavy atom. The number of amides is 1. The van der Waals surface area contributed by atoms with Crippen molar-refractivity contribution in [2.24, 2.45) is 5.73 Å². The number of hydrogen-bond acceptors (Lipinski definition) is 4. The summed E-state index contributed by atoms with van der Waals surface area (Å²) in [6.45, 7) is 0.219. The molecule has 1 aromatic heterocycles. The molecule has 0 spiro atoms. The van der Waals surface area contributed by atoms with E-state index in [9.17, 15) is 18.0 Å². The normalized spacial score (nSPS) is 18.7. The van der Waals surface area contributed by atoms with Gasteiger partial charge in [-0.15, -0.1) is 11.8 Å². The molecule has 1 amide bonds. The average Bonchev–Trinajstić information content (AvgIpc) is 2.57. The zero-order valence-corrected chi connectivity index (χ0v) is 12.2. The molecule has 0 saturated heterocycles. The van der Waals surface area contributed by atoms with Crippen LogP contribution in [0.4, 0.5) is 13.2 Å². The predicted octanol–water partition coefficient (Wildman–Crippen LogP) is 2.30. The number of carbonyl (C=O) groups excluding carboxylic acids is 1. The number of nitrogens with zero attached hydrogens (tertiary/aromatic N) is 1. The van der Waals surface area contributed by atoms with Crippen LogP contribution in [0.15, 0.2) is 12.1 Å². The van der Waals surface area contributed by atoms with Crippen LogP contribution in [-0.2, 0) is 23.3 Å². The summed E-state index contributed by atoms with van der Waals surface area (Å²) < 4.78 is 40.8. The lowest BCUT2D eigenvalue weighted by atomic mass is 10.1. The first-order valence-electron chi connectivity index (χ1n) is 5.96. The van der Waals surface area contributed by atoms with Gasteiger partial charge in [-0.3, -0.25) is 10.2 Å². The number of halogens is 3. The van der Waals surface area contributed by atoms with Crippen molar-refractivity contribution >= 4 is 39.2 Å². The smallest absolute Gasteiger partial charge is 0.369 e. The van der Waals surface area contributed by atoms with Gasteiger partial charge in [-0.25, -0.2) is 0 Å². The van der Waals surface area contributed by atoms with Crippen molar-refractivity contribution in [1.29, 1.82) is 5.41 Å². The maximum absolute atomic E-state index is 12.9. The van der Waals surface area contributed by atoms with Gasteiger partial charge in [0.1, 0.15) is 5.25 Å². The van der Waals surface area contributed by atoms with Gasteiger partial charge in [0.05, 0.1) is 15.8 Å². The number of nitrogens with two attached hydrogens (primary N) is 1. The largest absolute Gasteiger partial charge is 0.416 e. The zero-order valence-electron chi connectivity index (χ0n) is 10.5. The van der Waals surface area contributed by atoms with Gasteiger partial charge in [0.15, 0.2) is 4.80 Å². The van der Waals surface area contributed by atoms with Crippen molar-refractivity contribution in [3.05, 3.63) is 28.1 Å². The Kier molecular flexibility index (Phi) is 3.28. The zero-order chi connectivity index (χ0) is 15.4. The molecular weight excluding hydrogens is 323 g/mol. The molecule has 0 fully saturated rings. The summed E-state index contributed by atoms with van der Waals surface area (Å²) in [5, 5.41) is 7.38. The lowest BCUT2D eigenvalue weighted by Crippen LogP contribution is -2.31. The topological polar surface area (TPSA) is 71.9 Å². The Morgan fingerprint density at radius 1 is 1.43 bits per heavy atom. The summed E-state index contributed by atoms with van der Waals surface area (Å²) >= 11 is 2.19. The van der Waals surface area contributed by atoms with Crippen molar-refractivity contribution in [1.82, 2.24) is 4.57 Å². The van der Waals surface area contributed by atoms with Gasteiger partial charge >= 0.3 is 6.18 Å². The Labute approximate surface area is 125 Å². The fourth-order valence-corrected chi connectivity index (χ4v) is 4.37. The number of aromatic nitrogens is 1. The lowest BCUT2D eigenvalue weighted by molar-refractivity contribution is -0.137.